The summed E-state index contributed by atoms with van der Waals surface area (Å²) < 4.78 is 0. The maximum absolute atomic E-state index is 8.96. The summed E-state index contributed by atoms with van der Waals surface area (Å²) in [5.74, 6) is 0. The highest BCUT2D eigenvalue weighted by molar-refractivity contribution is 5.85. The number of hydrogen-bond acceptors (Lipinski definition) is 3. The molecule has 0 atom stereocenters. The Morgan fingerprint density at radius 3 is 2.00 bits per heavy atom. The summed E-state index contributed by atoms with van der Waals surface area (Å²) in [4.78, 5) is 0. The van der Waals surface area contributed by atoms with Crippen molar-refractivity contribution in [3.05, 3.63) is 0 Å². The number of aliphatic hydroxyl groups excluding tert-OH is 1. The molecule has 0 bridgehead atoms. The standard InChI is InChI=1S/C5H12N2O.ClH/c8-5-3-6-1-2-7-4-5;/h5-8H,1-4H2;1H. The van der Waals surface area contributed by atoms with E-state index < -0.39 is 0 Å². The predicted octanol–water partition coefficient (Wildman–Crippen LogP) is -1.04. The van der Waals surface area contributed by atoms with E-state index in [2.05, 4.69) is 10.6 Å². The molecule has 1 aliphatic heterocycles. The van der Waals surface area contributed by atoms with Crippen LogP contribution in [0.3, 0.4) is 0 Å². The molecule has 1 heterocycles. The van der Waals surface area contributed by atoms with E-state index in [9.17, 15) is 0 Å². The molecule has 3 nitrogen and oxygen atoms in total. The second kappa shape index (κ2) is 4.99. The van der Waals surface area contributed by atoms with Crippen molar-refractivity contribution < 1.29 is 5.11 Å². The molecular weight excluding hydrogens is 140 g/mol. The fourth-order valence-corrected chi connectivity index (χ4v) is 0.786. The molecular formula is C5H13ClN2O. The largest absolute Gasteiger partial charge is 0.390 e. The van der Waals surface area contributed by atoms with Gasteiger partial charge in [-0.1, -0.05) is 0 Å². The highest BCUT2D eigenvalue weighted by Gasteiger charge is 2.04. The fourth-order valence-electron chi connectivity index (χ4n) is 0.786. The maximum Gasteiger partial charge on any atom is 0.0788 e. The molecule has 1 fully saturated rings. The zero-order valence-electron chi connectivity index (χ0n) is 5.26. The first kappa shape index (κ1) is 9.17. The van der Waals surface area contributed by atoms with Crippen LogP contribution in [-0.4, -0.2) is 37.4 Å². The van der Waals surface area contributed by atoms with Gasteiger partial charge in [0, 0.05) is 26.2 Å². The van der Waals surface area contributed by atoms with Gasteiger partial charge in [-0.15, -0.1) is 12.4 Å². The van der Waals surface area contributed by atoms with Gasteiger partial charge in [-0.3, -0.25) is 0 Å². The third-order valence-corrected chi connectivity index (χ3v) is 1.24. The lowest BCUT2D eigenvalue weighted by atomic mass is 10.4. The highest BCUT2D eigenvalue weighted by Crippen LogP contribution is 1.79. The summed E-state index contributed by atoms with van der Waals surface area (Å²) in [5, 5.41) is 15.1. The molecule has 4 heteroatoms. The van der Waals surface area contributed by atoms with Crippen LogP contribution in [0.5, 0.6) is 0 Å². The second-order valence-electron chi connectivity index (χ2n) is 2.06. The third-order valence-electron chi connectivity index (χ3n) is 1.24. The van der Waals surface area contributed by atoms with Gasteiger partial charge in [0.1, 0.15) is 0 Å². The molecule has 0 saturated carbocycles. The van der Waals surface area contributed by atoms with Crippen molar-refractivity contribution in [2.75, 3.05) is 26.2 Å². The molecule has 0 radical (unpaired) electrons. The second-order valence-corrected chi connectivity index (χ2v) is 2.06. The van der Waals surface area contributed by atoms with E-state index in [1.54, 1.807) is 0 Å². The maximum atomic E-state index is 8.96. The van der Waals surface area contributed by atoms with Crippen LogP contribution in [0.15, 0.2) is 0 Å². The summed E-state index contributed by atoms with van der Waals surface area (Å²) in [7, 11) is 0. The number of aliphatic hydroxyl groups is 1. The molecule has 1 aliphatic rings. The van der Waals surface area contributed by atoms with E-state index in [1.165, 1.54) is 0 Å². The first-order valence-electron chi connectivity index (χ1n) is 2.99. The average Bonchev–Trinajstić information content (AvgIpc) is 1.94. The van der Waals surface area contributed by atoms with Crippen LogP contribution in [0.25, 0.3) is 0 Å². The molecule has 0 aromatic carbocycles. The summed E-state index contributed by atoms with van der Waals surface area (Å²) in [6, 6.07) is 0. The minimum absolute atomic E-state index is 0. The molecule has 0 amide bonds. The number of hydrogen-bond donors (Lipinski definition) is 3. The fraction of sp³-hybridized carbons (Fsp3) is 1.00. The zero-order chi connectivity index (χ0) is 5.82. The van der Waals surface area contributed by atoms with Crippen molar-refractivity contribution in [2.24, 2.45) is 0 Å². The van der Waals surface area contributed by atoms with Crippen molar-refractivity contribution in [1.82, 2.24) is 10.6 Å². The van der Waals surface area contributed by atoms with Crippen molar-refractivity contribution >= 4 is 12.4 Å². The molecule has 0 aromatic rings. The molecule has 1 saturated heterocycles. The van der Waals surface area contributed by atoms with Crippen LogP contribution in [0, 0.1) is 0 Å². The summed E-state index contributed by atoms with van der Waals surface area (Å²) >= 11 is 0. The molecule has 3 N–H and O–H groups in total. The van der Waals surface area contributed by atoms with E-state index in [-0.39, 0.29) is 18.5 Å². The van der Waals surface area contributed by atoms with Gasteiger partial charge in [-0.25, -0.2) is 0 Å². The quantitative estimate of drug-likeness (QED) is 0.416. The Balaban J connectivity index is 0.000000640. The number of β-amino-alcohol motifs (C(OH)–C–C–N with tert-alkyl or cyclic N) is 1. The Labute approximate surface area is 61.2 Å². The lowest BCUT2D eigenvalue weighted by Gasteiger charge is -2.03. The van der Waals surface area contributed by atoms with Gasteiger partial charge in [0.15, 0.2) is 0 Å². The van der Waals surface area contributed by atoms with Crippen molar-refractivity contribution in [3.63, 3.8) is 0 Å². The smallest absolute Gasteiger partial charge is 0.0788 e. The number of halogens is 1. The van der Waals surface area contributed by atoms with E-state index in [1.807, 2.05) is 0 Å². The van der Waals surface area contributed by atoms with Crippen molar-refractivity contribution in [1.29, 1.82) is 0 Å². The molecule has 0 unspecified atom stereocenters. The van der Waals surface area contributed by atoms with Gasteiger partial charge >= 0.3 is 0 Å². The molecule has 1 rings (SSSR count). The van der Waals surface area contributed by atoms with E-state index in [0.29, 0.717) is 0 Å². The Bertz CT molecular complexity index is 64.0. The minimum Gasteiger partial charge on any atom is -0.390 e. The third kappa shape index (κ3) is 3.70. The van der Waals surface area contributed by atoms with Crippen LogP contribution in [0.2, 0.25) is 0 Å². The first-order chi connectivity index (χ1) is 3.89. The molecule has 0 aliphatic carbocycles. The molecule has 0 aromatic heterocycles. The van der Waals surface area contributed by atoms with Crippen LogP contribution in [0.4, 0.5) is 0 Å². The van der Waals surface area contributed by atoms with Crippen LogP contribution in [0.1, 0.15) is 0 Å². The van der Waals surface area contributed by atoms with Gasteiger partial charge in [-0.2, -0.15) is 0 Å². The highest BCUT2D eigenvalue weighted by atomic mass is 35.5. The topological polar surface area (TPSA) is 44.3 Å². The summed E-state index contributed by atoms with van der Waals surface area (Å²) in [6.45, 7) is 3.40. The summed E-state index contributed by atoms with van der Waals surface area (Å²) in [5.41, 5.74) is 0. The Hall–Kier alpha value is 0.170. The lowest BCUT2D eigenvalue weighted by Crippen LogP contribution is -2.28. The zero-order valence-corrected chi connectivity index (χ0v) is 6.08. The SMILES string of the molecule is Cl.OC1CNCCNC1. The molecule has 0 spiro atoms. The monoisotopic (exact) mass is 152 g/mol. The van der Waals surface area contributed by atoms with E-state index in [4.69, 9.17) is 5.11 Å². The van der Waals surface area contributed by atoms with Gasteiger partial charge in [0.25, 0.3) is 0 Å². The van der Waals surface area contributed by atoms with Crippen LogP contribution in [-0.2, 0) is 0 Å². The van der Waals surface area contributed by atoms with Crippen LogP contribution < -0.4 is 10.6 Å². The van der Waals surface area contributed by atoms with E-state index in [0.717, 1.165) is 26.2 Å². The minimum atomic E-state index is -0.197. The molecule has 9 heavy (non-hydrogen) atoms. The Morgan fingerprint density at radius 2 is 1.56 bits per heavy atom. The van der Waals surface area contributed by atoms with Gasteiger partial charge < -0.3 is 15.7 Å². The number of nitrogens with one attached hydrogen (secondary N) is 2. The van der Waals surface area contributed by atoms with Crippen LogP contribution >= 0.6 is 12.4 Å². The lowest BCUT2D eigenvalue weighted by molar-refractivity contribution is 0.179. The van der Waals surface area contributed by atoms with Gasteiger partial charge in [0.2, 0.25) is 0 Å². The average molecular weight is 153 g/mol. The van der Waals surface area contributed by atoms with Crippen molar-refractivity contribution in [3.8, 4) is 0 Å². The predicted molar refractivity (Wildman–Crippen MR) is 39.0 cm³/mol. The molecule has 56 valence electrons. The summed E-state index contributed by atoms with van der Waals surface area (Å²) in [6.07, 6.45) is -0.197. The van der Waals surface area contributed by atoms with Gasteiger partial charge in [0.05, 0.1) is 6.10 Å². The number of rotatable bonds is 0. The van der Waals surface area contributed by atoms with Gasteiger partial charge in [-0.05, 0) is 0 Å². The normalized spacial score (nSPS) is 22.3. The van der Waals surface area contributed by atoms with E-state index >= 15 is 0 Å². The van der Waals surface area contributed by atoms with Crippen molar-refractivity contribution in [2.45, 2.75) is 6.10 Å². The first-order valence-corrected chi connectivity index (χ1v) is 2.99. The Kier molecular flexibility index (Phi) is 5.09. The Morgan fingerprint density at radius 1 is 1.11 bits per heavy atom.